The number of allylic oxidation sites excluding steroid dienone is 1. The van der Waals surface area contributed by atoms with Crippen LogP contribution in [0.1, 0.15) is 18.2 Å². The predicted molar refractivity (Wildman–Crippen MR) is 71.6 cm³/mol. The van der Waals surface area contributed by atoms with Gasteiger partial charge in [-0.1, -0.05) is 30.3 Å². The number of aromatic nitrogens is 1. The Hall–Kier alpha value is -2.36. The van der Waals surface area contributed by atoms with Crippen LogP contribution in [-0.2, 0) is 0 Å². The van der Waals surface area contributed by atoms with Gasteiger partial charge in [-0.3, -0.25) is 10.1 Å². The number of hydrogen-bond acceptors (Lipinski definition) is 2. The molecule has 0 atom stereocenters. The summed E-state index contributed by atoms with van der Waals surface area (Å²) in [5.41, 5.74) is 4.03. The van der Waals surface area contributed by atoms with Crippen molar-refractivity contribution in [3.63, 3.8) is 0 Å². The number of hydrogen-bond donors (Lipinski definition) is 1. The molecule has 0 fully saturated rings. The van der Waals surface area contributed by atoms with Crippen LogP contribution >= 0.6 is 0 Å². The monoisotopic (exact) mass is 242 g/mol. The lowest BCUT2D eigenvalue weighted by molar-refractivity contribution is -0.422. The van der Waals surface area contributed by atoms with Crippen molar-refractivity contribution < 1.29 is 4.92 Å². The zero-order chi connectivity index (χ0) is 13.1. The number of nitro groups is 1. The molecule has 1 heterocycles. The molecule has 0 unspecified atom stereocenters. The number of rotatable bonds is 3. The topological polar surface area (TPSA) is 58.9 Å². The van der Waals surface area contributed by atoms with Crippen molar-refractivity contribution in [2.75, 3.05) is 0 Å². The summed E-state index contributed by atoms with van der Waals surface area (Å²) in [6.07, 6.45) is 3.43. The molecule has 18 heavy (non-hydrogen) atoms. The van der Waals surface area contributed by atoms with Gasteiger partial charge in [-0.15, -0.1) is 0 Å². The number of H-pyrrole nitrogens is 1. The molecule has 2 aromatic rings. The largest absolute Gasteiger partial charge is 0.361 e. The Balaban J connectivity index is 2.53. The third kappa shape index (κ3) is 2.32. The molecule has 0 bridgehead atoms. The SMILES string of the molecule is C/C(=C\c1[nH]cc(C)c1-c1ccccc1)[N+](=O)[O-]. The third-order valence-corrected chi connectivity index (χ3v) is 2.81. The van der Waals surface area contributed by atoms with Crippen LogP contribution < -0.4 is 0 Å². The lowest BCUT2D eigenvalue weighted by Gasteiger charge is -2.02. The Labute approximate surface area is 105 Å². The molecule has 0 amide bonds. The summed E-state index contributed by atoms with van der Waals surface area (Å²) in [4.78, 5) is 13.4. The van der Waals surface area contributed by atoms with E-state index in [1.165, 1.54) is 6.92 Å². The van der Waals surface area contributed by atoms with Gasteiger partial charge >= 0.3 is 0 Å². The number of aromatic amines is 1. The lowest BCUT2D eigenvalue weighted by atomic mass is 10.0. The molecule has 0 spiro atoms. The van der Waals surface area contributed by atoms with Gasteiger partial charge in [0.1, 0.15) is 0 Å². The van der Waals surface area contributed by atoms with Crippen molar-refractivity contribution in [1.82, 2.24) is 4.98 Å². The Morgan fingerprint density at radius 3 is 2.61 bits per heavy atom. The van der Waals surface area contributed by atoms with Crippen LogP contribution in [0.3, 0.4) is 0 Å². The van der Waals surface area contributed by atoms with E-state index in [0.717, 1.165) is 22.4 Å². The molecule has 0 aliphatic rings. The van der Waals surface area contributed by atoms with E-state index >= 15 is 0 Å². The number of nitrogens with zero attached hydrogens (tertiary/aromatic N) is 1. The molecule has 0 aliphatic carbocycles. The zero-order valence-corrected chi connectivity index (χ0v) is 10.3. The van der Waals surface area contributed by atoms with Gasteiger partial charge in [0.15, 0.2) is 0 Å². The molecule has 1 N–H and O–H groups in total. The summed E-state index contributed by atoms with van der Waals surface area (Å²) < 4.78 is 0. The summed E-state index contributed by atoms with van der Waals surface area (Å²) in [6.45, 7) is 3.47. The molecule has 0 radical (unpaired) electrons. The Kier molecular flexibility index (Phi) is 3.28. The van der Waals surface area contributed by atoms with E-state index in [0.29, 0.717) is 0 Å². The quantitative estimate of drug-likeness (QED) is 0.660. The molecular formula is C14H14N2O2. The van der Waals surface area contributed by atoms with Crippen LogP contribution in [-0.4, -0.2) is 9.91 Å². The highest BCUT2D eigenvalue weighted by Crippen LogP contribution is 2.28. The normalized spacial score (nSPS) is 11.6. The van der Waals surface area contributed by atoms with Gasteiger partial charge in [0, 0.05) is 24.8 Å². The second kappa shape index (κ2) is 4.87. The fourth-order valence-electron chi connectivity index (χ4n) is 1.91. The average Bonchev–Trinajstić information content (AvgIpc) is 2.71. The molecule has 0 aliphatic heterocycles. The Morgan fingerprint density at radius 2 is 2.00 bits per heavy atom. The number of nitrogens with one attached hydrogen (secondary N) is 1. The van der Waals surface area contributed by atoms with Crippen molar-refractivity contribution in [2.24, 2.45) is 0 Å². The molecule has 1 aromatic heterocycles. The molecule has 0 saturated heterocycles. The summed E-state index contributed by atoms with van der Waals surface area (Å²) in [5.74, 6) is 0. The first kappa shape index (κ1) is 12.1. The zero-order valence-electron chi connectivity index (χ0n) is 10.3. The van der Waals surface area contributed by atoms with Crippen molar-refractivity contribution in [3.05, 3.63) is 63.6 Å². The minimum absolute atomic E-state index is 0.119. The molecule has 92 valence electrons. The average molecular weight is 242 g/mol. The van der Waals surface area contributed by atoms with Crippen LogP contribution in [0, 0.1) is 17.0 Å². The predicted octanol–water partition coefficient (Wildman–Crippen LogP) is 3.63. The van der Waals surface area contributed by atoms with Gasteiger partial charge in [0.2, 0.25) is 5.70 Å². The summed E-state index contributed by atoms with van der Waals surface area (Å²) in [6, 6.07) is 9.85. The van der Waals surface area contributed by atoms with Crippen LogP contribution in [0.4, 0.5) is 0 Å². The second-order valence-electron chi connectivity index (χ2n) is 4.17. The van der Waals surface area contributed by atoms with Gasteiger partial charge in [0.05, 0.1) is 10.6 Å². The standard InChI is InChI=1S/C14H14N2O2/c1-10-9-15-13(8-11(2)16(17)18)14(10)12-6-4-3-5-7-12/h3-9,15H,1-2H3/b11-8+. The molecule has 1 aromatic carbocycles. The van der Waals surface area contributed by atoms with E-state index in [1.807, 2.05) is 43.5 Å². The van der Waals surface area contributed by atoms with Gasteiger partial charge in [0.25, 0.3) is 0 Å². The highest BCUT2D eigenvalue weighted by Gasteiger charge is 2.11. The summed E-state index contributed by atoms with van der Waals surface area (Å²) in [5, 5.41) is 10.7. The fraction of sp³-hybridized carbons (Fsp3) is 0.143. The number of benzene rings is 1. The maximum Gasteiger partial charge on any atom is 0.245 e. The minimum Gasteiger partial charge on any atom is -0.361 e. The van der Waals surface area contributed by atoms with Crippen molar-refractivity contribution in [1.29, 1.82) is 0 Å². The van der Waals surface area contributed by atoms with E-state index in [1.54, 1.807) is 6.08 Å². The molecule has 0 saturated carbocycles. The smallest absolute Gasteiger partial charge is 0.245 e. The third-order valence-electron chi connectivity index (χ3n) is 2.81. The van der Waals surface area contributed by atoms with E-state index in [9.17, 15) is 10.1 Å². The first-order chi connectivity index (χ1) is 8.59. The van der Waals surface area contributed by atoms with Gasteiger partial charge < -0.3 is 4.98 Å². The van der Waals surface area contributed by atoms with E-state index in [4.69, 9.17) is 0 Å². The fourth-order valence-corrected chi connectivity index (χ4v) is 1.91. The Bertz CT molecular complexity index is 598. The van der Waals surface area contributed by atoms with E-state index in [-0.39, 0.29) is 10.6 Å². The molecule has 4 nitrogen and oxygen atoms in total. The summed E-state index contributed by atoms with van der Waals surface area (Å²) >= 11 is 0. The summed E-state index contributed by atoms with van der Waals surface area (Å²) in [7, 11) is 0. The Morgan fingerprint density at radius 1 is 1.33 bits per heavy atom. The van der Waals surface area contributed by atoms with Crippen molar-refractivity contribution in [2.45, 2.75) is 13.8 Å². The number of aryl methyl sites for hydroxylation is 1. The van der Waals surface area contributed by atoms with Crippen molar-refractivity contribution in [3.8, 4) is 11.1 Å². The first-order valence-corrected chi connectivity index (χ1v) is 5.65. The maximum atomic E-state index is 10.7. The van der Waals surface area contributed by atoms with Gasteiger partial charge in [-0.05, 0) is 18.1 Å². The van der Waals surface area contributed by atoms with Crippen molar-refractivity contribution >= 4 is 6.08 Å². The lowest BCUT2D eigenvalue weighted by Crippen LogP contribution is -1.93. The van der Waals surface area contributed by atoms with Crippen LogP contribution in [0.2, 0.25) is 0 Å². The van der Waals surface area contributed by atoms with E-state index < -0.39 is 0 Å². The van der Waals surface area contributed by atoms with Gasteiger partial charge in [-0.25, -0.2) is 0 Å². The van der Waals surface area contributed by atoms with Crippen LogP contribution in [0.25, 0.3) is 17.2 Å². The molecule has 2 rings (SSSR count). The molecule has 4 heteroatoms. The van der Waals surface area contributed by atoms with E-state index in [2.05, 4.69) is 4.98 Å². The highest BCUT2D eigenvalue weighted by molar-refractivity contribution is 5.76. The van der Waals surface area contributed by atoms with Crippen LogP contribution in [0.5, 0.6) is 0 Å². The van der Waals surface area contributed by atoms with Crippen LogP contribution in [0.15, 0.2) is 42.2 Å². The first-order valence-electron chi connectivity index (χ1n) is 5.65. The second-order valence-corrected chi connectivity index (χ2v) is 4.17. The molecular weight excluding hydrogens is 228 g/mol. The van der Waals surface area contributed by atoms with Gasteiger partial charge in [-0.2, -0.15) is 0 Å². The highest BCUT2D eigenvalue weighted by atomic mass is 16.6. The maximum absolute atomic E-state index is 10.7. The minimum atomic E-state index is -0.384.